The van der Waals surface area contributed by atoms with Crippen LogP contribution in [-0.4, -0.2) is 0 Å². The average molecular weight is 388 g/mol. The normalized spacial score (nSPS) is 11.0. The summed E-state index contributed by atoms with van der Waals surface area (Å²) in [5.74, 6) is -1.98. The number of benzene rings is 4. The number of hydrogen-bond donors (Lipinski definition) is 0. The molecule has 0 N–H and O–H groups in total. The maximum Gasteiger partial charge on any atom is 0.131 e. The molecular formula is C26H19F3. The van der Waals surface area contributed by atoms with E-state index >= 15 is 0 Å². The van der Waals surface area contributed by atoms with Crippen LogP contribution in [0.15, 0.2) is 85.5 Å². The van der Waals surface area contributed by atoms with Crippen molar-refractivity contribution < 1.29 is 13.2 Å². The number of aryl methyl sites for hydroxylation is 1. The highest BCUT2D eigenvalue weighted by Crippen LogP contribution is 2.31. The quantitative estimate of drug-likeness (QED) is 0.307. The van der Waals surface area contributed by atoms with Gasteiger partial charge in [0.2, 0.25) is 0 Å². The monoisotopic (exact) mass is 388 g/mol. The molecule has 0 spiro atoms. The summed E-state index contributed by atoms with van der Waals surface area (Å²) in [6.07, 6.45) is 3.79. The minimum absolute atomic E-state index is 0.166. The molecule has 0 nitrogen and oxygen atoms in total. The zero-order valence-corrected chi connectivity index (χ0v) is 15.8. The van der Waals surface area contributed by atoms with Crippen molar-refractivity contribution in [3.63, 3.8) is 0 Å². The predicted molar refractivity (Wildman–Crippen MR) is 113 cm³/mol. The largest absolute Gasteiger partial charge is 0.207 e. The number of halogens is 3. The van der Waals surface area contributed by atoms with Crippen molar-refractivity contribution >= 4 is 10.8 Å². The third-order valence-corrected chi connectivity index (χ3v) is 5.02. The Kier molecular flexibility index (Phi) is 5.22. The topological polar surface area (TPSA) is 0 Å². The summed E-state index contributed by atoms with van der Waals surface area (Å²) in [7, 11) is 0. The van der Waals surface area contributed by atoms with Gasteiger partial charge in [0, 0.05) is 11.6 Å². The van der Waals surface area contributed by atoms with Crippen LogP contribution in [0, 0.1) is 17.5 Å². The summed E-state index contributed by atoms with van der Waals surface area (Å²) < 4.78 is 41.7. The van der Waals surface area contributed by atoms with Crippen molar-refractivity contribution in [1.82, 2.24) is 0 Å². The molecule has 0 atom stereocenters. The first-order chi connectivity index (χ1) is 14.0. The number of fused-ring (bicyclic) bond motifs is 1. The molecule has 0 fully saturated rings. The lowest BCUT2D eigenvalue weighted by Crippen LogP contribution is -1.90. The third-order valence-electron chi connectivity index (χ3n) is 5.02. The molecule has 0 aromatic heterocycles. The van der Waals surface area contributed by atoms with Gasteiger partial charge >= 0.3 is 0 Å². The van der Waals surface area contributed by atoms with Crippen LogP contribution in [0.2, 0.25) is 0 Å². The standard InChI is InChI=1S/C26H19F3/c1-2-3-4-17-5-6-19-12-20(8-7-18(19)11-17)21-9-10-25(26(29)15-21)22-13-23(27)16-24(28)14-22/h2,5-16H,1,3-4H2. The van der Waals surface area contributed by atoms with E-state index in [4.69, 9.17) is 0 Å². The van der Waals surface area contributed by atoms with Gasteiger partial charge in [-0.15, -0.1) is 6.58 Å². The SMILES string of the molecule is C=CCCc1ccc2cc(-c3ccc(-c4cc(F)cc(F)c4)c(F)c3)ccc2c1. The Morgan fingerprint density at radius 1 is 0.655 bits per heavy atom. The Morgan fingerprint density at radius 2 is 1.31 bits per heavy atom. The van der Waals surface area contributed by atoms with Gasteiger partial charge in [-0.05, 0) is 70.1 Å². The Balaban J connectivity index is 1.68. The molecule has 4 rings (SSSR count). The number of allylic oxidation sites excluding steroid dienone is 1. The fourth-order valence-corrected chi connectivity index (χ4v) is 3.54. The van der Waals surface area contributed by atoms with Crippen LogP contribution in [-0.2, 0) is 6.42 Å². The van der Waals surface area contributed by atoms with Crippen molar-refractivity contribution in [2.75, 3.05) is 0 Å². The molecule has 0 bridgehead atoms. The van der Waals surface area contributed by atoms with E-state index in [1.165, 1.54) is 11.6 Å². The second-order valence-corrected chi connectivity index (χ2v) is 7.08. The molecule has 0 saturated carbocycles. The van der Waals surface area contributed by atoms with E-state index < -0.39 is 17.5 Å². The van der Waals surface area contributed by atoms with Crippen LogP contribution in [0.5, 0.6) is 0 Å². The number of rotatable bonds is 5. The summed E-state index contributed by atoms with van der Waals surface area (Å²) in [4.78, 5) is 0. The first-order valence-corrected chi connectivity index (χ1v) is 9.43. The molecule has 0 aliphatic heterocycles. The van der Waals surface area contributed by atoms with Gasteiger partial charge in [-0.1, -0.05) is 48.5 Å². The van der Waals surface area contributed by atoms with Gasteiger partial charge in [0.25, 0.3) is 0 Å². The van der Waals surface area contributed by atoms with Gasteiger partial charge in [0.05, 0.1) is 0 Å². The molecule has 144 valence electrons. The molecule has 0 aliphatic rings. The van der Waals surface area contributed by atoms with Crippen molar-refractivity contribution in [3.8, 4) is 22.3 Å². The second kappa shape index (κ2) is 7.96. The lowest BCUT2D eigenvalue weighted by atomic mass is 9.96. The van der Waals surface area contributed by atoms with Crippen LogP contribution in [0.4, 0.5) is 13.2 Å². The maximum absolute atomic E-state index is 14.7. The van der Waals surface area contributed by atoms with E-state index in [-0.39, 0.29) is 11.1 Å². The minimum atomic E-state index is -0.731. The summed E-state index contributed by atoms with van der Waals surface area (Å²) in [5, 5.41) is 2.20. The van der Waals surface area contributed by atoms with Crippen LogP contribution in [0.1, 0.15) is 12.0 Å². The molecule has 0 radical (unpaired) electrons. The molecule has 3 heteroatoms. The van der Waals surface area contributed by atoms with E-state index in [2.05, 4.69) is 24.8 Å². The summed E-state index contributed by atoms with van der Waals surface area (Å²) in [6.45, 7) is 3.76. The Labute approximate surface area is 167 Å². The lowest BCUT2D eigenvalue weighted by molar-refractivity contribution is 0.583. The van der Waals surface area contributed by atoms with Gasteiger partial charge in [-0.25, -0.2) is 13.2 Å². The maximum atomic E-state index is 14.7. The van der Waals surface area contributed by atoms with Gasteiger partial charge < -0.3 is 0 Å². The first kappa shape index (κ1) is 19.0. The predicted octanol–water partition coefficient (Wildman–Crippen LogP) is 7.71. The van der Waals surface area contributed by atoms with Crippen molar-refractivity contribution in [2.24, 2.45) is 0 Å². The van der Waals surface area contributed by atoms with E-state index in [1.807, 2.05) is 24.3 Å². The molecule has 0 aliphatic carbocycles. The van der Waals surface area contributed by atoms with Gasteiger partial charge in [0.1, 0.15) is 17.5 Å². The second-order valence-electron chi connectivity index (χ2n) is 7.08. The zero-order chi connectivity index (χ0) is 20.4. The Morgan fingerprint density at radius 3 is 2.03 bits per heavy atom. The van der Waals surface area contributed by atoms with Crippen LogP contribution < -0.4 is 0 Å². The minimum Gasteiger partial charge on any atom is -0.207 e. The highest BCUT2D eigenvalue weighted by atomic mass is 19.1. The molecule has 0 heterocycles. The zero-order valence-electron chi connectivity index (χ0n) is 15.8. The highest BCUT2D eigenvalue weighted by Gasteiger charge is 2.10. The summed E-state index contributed by atoms with van der Waals surface area (Å²) >= 11 is 0. The average Bonchev–Trinajstić information content (AvgIpc) is 2.71. The van der Waals surface area contributed by atoms with Gasteiger partial charge in [0.15, 0.2) is 0 Å². The molecule has 0 amide bonds. The molecule has 0 unspecified atom stereocenters. The highest BCUT2D eigenvalue weighted by molar-refractivity contribution is 5.88. The Bertz CT molecular complexity index is 1190. The molecular weight excluding hydrogens is 369 g/mol. The third kappa shape index (κ3) is 4.09. The van der Waals surface area contributed by atoms with E-state index in [9.17, 15) is 13.2 Å². The van der Waals surface area contributed by atoms with E-state index in [1.54, 1.807) is 12.1 Å². The Hall–Kier alpha value is -3.33. The van der Waals surface area contributed by atoms with Crippen molar-refractivity contribution in [1.29, 1.82) is 0 Å². The molecule has 29 heavy (non-hydrogen) atoms. The van der Waals surface area contributed by atoms with Gasteiger partial charge in [-0.3, -0.25) is 0 Å². The lowest BCUT2D eigenvalue weighted by Gasteiger charge is -2.09. The van der Waals surface area contributed by atoms with Crippen LogP contribution in [0.3, 0.4) is 0 Å². The smallest absolute Gasteiger partial charge is 0.131 e. The summed E-state index contributed by atoms with van der Waals surface area (Å²) in [5.41, 5.74) is 3.19. The summed E-state index contributed by atoms with van der Waals surface area (Å²) in [6, 6.07) is 20.1. The van der Waals surface area contributed by atoms with Crippen LogP contribution >= 0.6 is 0 Å². The van der Waals surface area contributed by atoms with Crippen molar-refractivity contribution in [2.45, 2.75) is 12.8 Å². The fourth-order valence-electron chi connectivity index (χ4n) is 3.54. The van der Waals surface area contributed by atoms with Gasteiger partial charge in [-0.2, -0.15) is 0 Å². The fraction of sp³-hybridized carbons (Fsp3) is 0.0769. The van der Waals surface area contributed by atoms with Crippen molar-refractivity contribution in [3.05, 3.63) is 108 Å². The molecule has 4 aromatic rings. The number of hydrogen-bond acceptors (Lipinski definition) is 0. The van der Waals surface area contributed by atoms with E-state index in [0.717, 1.165) is 47.4 Å². The van der Waals surface area contributed by atoms with Crippen LogP contribution in [0.25, 0.3) is 33.0 Å². The molecule has 4 aromatic carbocycles. The van der Waals surface area contributed by atoms with E-state index in [0.29, 0.717) is 5.56 Å². The first-order valence-electron chi connectivity index (χ1n) is 9.43. The molecule has 0 saturated heterocycles.